The van der Waals surface area contributed by atoms with Crippen molar-refractivity contribution in [1.82, 2.24) is 9.88 Å². The number of nitrogens with zero attached hydrogens (tertiary/aromatic N) is 2. The second-order valence-corrected chi connectivity index (χ2v) is 6.45. The molecule has 0 amide bonds. The maximum Gasteiger partial charge on any atom is 0.128 e. The fraction of sp³-hybridized carbons (Fsp3) is 0.421. The molecule has 0 aliphatic carbocycles. The summed E-state index contributed by atoms with van der Waals surface area (Å²) < 4.78 is 18.8. The molecule has 2 aromatic rings. The van der Waals surface area contributed by atoms with E-state index in [1.165, 1.54) is 12.1 Å². The minimum absolute atomic E-state index is 0.280. The van der Waals surface area contributed by atoms with Crippen LogP contribution in [0.15, 0.2) is 42.6 Å². The number of piperidine rings is 1. The first kappa shape index (κ1) is 16.7. The van der Waals surface area contributed by atoms with E-state index >= 15 is 0 Å². The van der Waals surface area contributed by atoms with Gasteiger partial charge in [0.1, 0.15) is 11.6 Å². The van der Waals surface area contributed by atoms with E-state index in [1.807, 2.05) is 24.4 Å². The second-order valence-electron chi connectivity index (χ2n) is 6.45. The fourth-order valence-corrected chi connectivity index (χ4v) is 3.29. The first-order valence-electron chi connectivity index (χ1n) is 8.37. The van der Waals surface area contributed by atoms with E-state index in [-0.39, 0.29) is 5.82 Å². The molecule has 1 saturated heterocycles. The van der Waals surface area contributed by atoms with Crippen molar-refractivity contribution in [3.05, 3.63) is 54.1 Å². The van der Waals surface area contributed by atoms with E-state index in [4.69, 9.17) is 4.74 Å². The van der Waals surface area contributed by atoms with Crippen LogP contribution < -0.4 is 10.1 Å². The van der Waals surface area contributed by atoms with E-state index in [2.05, 4.69) is 28.2 Å². The number of benzene rings is 1. The number of hydrogen-bond donors (Lipinski definition) is 1. The lowest BCUT2D eigenvalue weighted by atomic mass is 9.93. The van der Waals surface area contributed by atoms with Gasteiger partial charge in [-0.05, 0) is 30.5 Å². The zero-order chi connectivity index (χ0) is 16.9. The number of ether oxygens (including phenoxy) is 1. The number of halogens is 1. The molecule has 4 nitrogen and oxygen atoms in total. The number of hydrogen-bond acceptors (Lipinski definition) is 4. The zero-order valence-electron chi connectivity index (χ0n) is 14.2. The van der Waals surface area contributed by atoms with Crippen molar-refractivity contribution in [2.24, 2.45) is 5.92 Å². The smallest absolute Gasteiger partial charge is 0.128 e. The summed E-state index contributed by atoms with van der Waals surface area (Å²) in [7, 11) is 1.55. The Morgan fingerprint density at radius 1 is 1.33 bits per heavy atom. The van der Waals surface area contributed by atoms with Crippen molar-refractivity contribution in [1.29, 1.82) is 0 Å². The monoisotopic (exact) mass is 329 g/mol. The lowest BCUT2D eigenvalue weighted by molar-refractivity contribution is 0.163. The van der Waals surface area contributed by atoms with Crippen molar-refractivity contribution in [3.8, 4) is 5.75 Å². The molecule has 1 aromatic carbocycles. The maximum absolute atomic E-state index is 13.6. The lowest BCUT2D eigenvalue weighted by Crippen LogP contribution is -2.44. The molecule has 2 heterocycles. The molecule has 1 N–H and O–H groups in total. The summed E-state index contributed by atoms with van der Waals surface area (Å²) in [6.07, 6.45) is 2.86. The summed E-state index contributed by atoms with van der Waals surface area (Å²) in [5.74, 6) is 0.728. The minimum atomic E-state index is -0.280. The van der Waals surface area contributed by atoms with Crippen LogP contribution in [0.5, 0.6) is 5.75 Å². The quantitative estimate of drug-likeness (QED) is 0.910. The van der Waals surface area contributed by atoms with Crippen LogP contribution in [0.3, 0.4) is 0 Å². The molecule has 128 valence electrons. The molecule has 0 saturated carbocycles. The number of anilines is 1. The third-order valence-electron chi connectivity index (χ3n) is 4.56. The maximum atomic E-state index is 13.6. The van der Waals surface area contributed by atoms with Gasteiger partial charge in [-0.2, -0.15) is 0 Å². The number of aromatic nitrogens is 1. The molecule has 2 atom stereocenters. The number of likely N-dealkylation sites (tertiary alicyclic amines) is 1. The van der Waals surface area contributed by atoms with Crippen LogP contribution in [0.4, 0.5) is 10.1 Å². The highest BCUT2D eigenvalue weighted by Crippen LogP contribution is 2.25. The predicted molar refractivity (Wildman–Crippen MR) is 93.7 cm³/mol. The van der Waals surface area contributed by atoms with Gasteiger partial charge < -0.3 is 10.1 Å². The Morgan fingerprint density at radius 2 is 2.21 bits per heavy atom. The first-order valence-corrected chi connectivity index (χ1v) is 8.37. The van der Waals surface area contributed by atoms with Gasteiger partial charge in [0.2, 0.25) is 0 Å². The molecule has 1 aromatic heterocycles. The molecule has 5 heteroatoms. The van der Waals surface area contributed by atoms with Crippen LogP contribution in [-0.2, 0) is 6.54 Å². The molecule has 0 bridgehead atoms. The van der Waals surface area contributed by atoms with Crippen molar-refractivity contribution in [2.45, 2.75) is 25.9 Å². The fourth-order valence-electron chi connectivity index (χ4n) is 3.29. The number of nitrogens with one attached hydrogen (secondary N) is 1. The molecule has 1 aliphatic heterocycles. The van der Waals surface area contributed by atoms with E-state index in [9.17, 15) is 4.39 Å². The van der Waals surface area contributed by atoms with Gasteiger partial charge in [-0.25, -0.2) is 4.39 Å². The van der Waals surface area contributed by atoms with E-state index < -0.39 is 0 Å². The van der Waals surface area contributed by atoms with Gasteiger partial charge in [0.25, 0.3) is 0 Å². The third kappa shape index (κ3) is 4.23. The highest BCUT2D eigenvalue weighted by Gasteiger charge is 2.26. The summed E-state index contributed by atoms with van der Waals surface area (Å²) in [6, 6.07) is 11.1. The SMILES string of the molecule is COc1cc(F)cc(N[C@@H]2CCN(Cc3ccccn3)C[C@@H]2C)c1. The standard InChI is InChI=1S/C19H24FN3O/c1-14-12-23(13-16-5-3-4-7-21-16)8-6-19(14)22-17-9-15(20)10-18(11-17)24-2/h3-5,7,9-11,14,19,22H,6,8,12-13H2,1-2H3/t14-,19+/m0/s1. The Morgan fingerprint density at radius 3 is 2.92 bits per heavy atom. The van der Waals surface area contributed by atoms with Gasteiger partial charge in [0, 0.05) is 49.7 Å². The number of methoxy groups -OCH3 is 1. The van der Waals surface area contributed by atoms with Crippen LogP contribution >= 0.6 is 0 Å². The summed E-state index contributed by atoms with van der Waals surface area (Å²) in [4.78, 5) is 6.83. The zero-order valence-corrected chi connectivity index (χ0v) is 14.2. The summed E-state index contributed by atoms with van der Waals surface area (Å²) in [5, 5.41) is 3.47. The van der Waals surface area contributed by atoms with E-state index in [0.29, 0.717) is 17.7 Å². The average molecular weight is 329 g/mol. The van der Waals surface area contributed by atoms with Crippen LogP contribution in [0.1, 0.15) is 19.0 Å². The van der Waals surface area contributed by atoms with Gasteiger partial charge in [0.15, 0.2) is 0 Å². The Balaban J connectivity index is 1.59. The third-order valence-corrected chi connectivity index (χ3v) is 4.56. The molecule has 1 fully saturated rings. The van der Waals surface area contributed by atoms with Gasteiger partial charge in [-0.1, -0.05) is 13.0 Å². The minimum Gasteiger partial charge on any atom is -0.497 e. The predicted octanol–water partition coefficient (Wildman–Crippen LogP) is 3.55. The van der Waals surface area contributed by atoms with Crippen molar-refractivity contribution in [2.75, 3.05) is 25.5 Å². The molecule has 0 spiro atoms. The molecule has 0 radical (unpaired) electrons. The van der Waals surface area contributed by atoms with Gasteiger partial charge >= 0.3 is 0 Å². The van der Waals surface area contributed by atoms with Gasteiger partial charge in [-0.15, -0.1) is 0 Å². The van der Waals surface area contributed by atoms with Crippen LogP contribution in [0.25, 0.3) is 0 Å². The normalized spacial score (nSPS) is 21.5. The topological polar surface area (TPSA) is 37.4 Å². The lowest BCUT2D eigenvalue weighted by Gasteiger charge is -2.37. The Hall–Kier alpha value is -2.14. The molecule has 0 unspecified atom stereocenters. The highest BCUT2D eigenvalue weighted by atomic mass is 19.1. The van der Waals surface area contributed by atoms with E-state index in [0.717, 1.165) is 37.4 Å². The molecular weight excluding hydrogens is 305 g/mol. The average Bonchev–Trinajstić information content (AvgIpc) is 2.58. The summed E-state index contributed by atoms with van der Waals surface area (Å²) in [6.45, 7) is 5.12. The molecule has 24 heavy (non-hydrogen) atoms. The molecular formula is C19H24FN3O. The summed E-state index contributed by atoms with van der Waals surface area (Å²) >= 11 is 0. The Kier molecular flexibility index (Phi) is 5.30. The van der Waals surface area contributed by atoms with Crippen LogP contribution in [0, 0.1) is 11.7 Å². The second kappa shape index (κ2) is 7.62. The van der Waals surface area contributed by atoms with Crippen molar-refractivity contribution < 1.29 is 9.13 Å². The number of pyridine rings is 1. The van der Waals surface area contributed by atoms with E-state index in [1.54, 1.807) is 7.11 Å². The van der Waals surface area contributed by atoms with Gasteiger partial charge in [0.05, 0.1) is 12.8 Å². The summed E-state index contributed by atoms with van der Waals surface area (Å²) in [5.41, 5.74) is 1.88. The number of rotatable bonds is 5. The molecule has 3 rings (SSSR count). The molecule has 1 aliphatic rings. The van der Waals surface area contributed by atoms with Crippen molar-refractivity contribution in [3.63, 3.8) is 0 Å². The van der Waals surface area contributed by atoms with Crippen LogP contribution in [0.2, 0.25) is 0 Å². The van der Waals surface area contributed by atoms with Crippen molar-refractivity contribution >= 4 is 5.69 Å². The Bertz CT molecular complexity index is 665. The largest absolute Gasteiger partial charge is 0.497 e. The Labute approximate surface area is 142 Å². The first-order chi connectivity index (χ1) is 11.6. The van der Waals surface area contributed by atoms with Crippen LogP contribution in [-0.4, -0.2) is 36.1 Å². The highest BCUT2D eigenvalue weighted by molar-refractivity contribution is 5.49. The van der Waals surface area contributed by atoms with Gasteiger partial charge in [-0.3, -0.25) is 9.88 Å².